The van der Waals surface area contributed by atoms with Crippen molar-refractivity contribution in [3.8, 4) is 5.75 Å². The molecule has 3 rings (SSSR count). The first-order valence-electron chi connectivity index (χ1n) is 8.79. The molecule has 0 aromatic heterocycles. The summed E-state index contributed by atoms with van der Waals surface area (Å²) in [5, 5.41) is 3.18. The SMILES string of the molecule is COc1ccccc1CCC(=O)NC(c1ccccc1)c1ccccc1. The first kappa shape index (κ1) is 17.7. The molecule has 0 aliphatic heterocycles. The zero-order valence-corrected chi connectivity index (χ0v) is 14.9. The summed E-state index contributed by atoms with van der Waals surface area (Å²) in [5.74, 6) is 0.844. The van der Waals surface area contributed by atoms with Crippen LogP contribution in [0.5, 0.6) is 5.75 Å². The molecule has 3 aromatic carbocycles. The first-order valence-corrected chi connectivity index (χ1v) is 8.79. The molecular weight excluding hydrogens is 322 g/mol. The molecule has 0 saturated heterocycles. The standard InChI is InChI=1S/C23H23NO2/c1-26-21-15-9-8-10-18(21)16-17-22(25)24-23(19-11-4-2-5-12-19)20-13-6-3-7-14-20/h2-15,23H,16-17H2,1H3,(H,24,25). The zero-order valence-electron chi connectivity index (χ0n) is 14.9. The van der Waals surface area contributed by atoms with Crippen LogP contribution in [-0.4, -0.2) is 13.0 Å². The summed E-state index contributed by atoms with van der Waals surface area (Å²) in [6, 6.07) is 27.8. The summed E-state index contributed by atoms with van der Waals surface area (Å²) in [6.45, 7) is 0. The average Bonchev–Trinajstić information content (AvgIpc) is 2.72. The summed E-state index contributed by atoms with van der Waals surface area (Å²) in [7, 11) is 1.65. The average molecular weight is 345 g/mol. The molecule has 0 radical (unpaired) electrons. The Balaban J connectivity index is 1.72. The van der Waals surface area contributed by atoms with Crippen LogP contribution in [0.1, 0.15) is 29.2 Å². The van der Waals surface area contributed by atoms with E-state index in [0.29, 0.717) is 12.8 Å². The number of carbonyl (C=O) groups is 1. The van der Waals surface area contributed by atoms with Crippen molar-refractivity contribution in [1.29, 1.82) is 0 Å². The molecule has 26 heavy (non-hydrogen) atoms. The molecular formula is C23H23NO2. The van der Waals surface area contributed by atoms with E-state index < -0.39 is 0 Å². The van der Waals surface area contributed by atoms with E-state index >= 15 is 0 Å². The van der Waals surface area contributed by atoms with E-state index in [2.05, 4.69) is 5.32 Å². The van der Waals surface area contributed by atoms with Gasteiger partial charge in [0.25, 0.3) is 0 Å². The highest BCUT2D eigenvalue weighted by molar-refractivity contribution is 5.77. The summed E-state index contributed by atoms with van der Waals surface area (Å²) in [4.78, 5) is 12.6. The summed E-state index contributed by atoms with van der Waals surface area (Å²) < 4.78 is 5.37. The van der Waals surface area contributed by atoms with E-state index in [0.717, 1.165) is 22.4 Å². The number of benzene rings is 3. The predicted molar refractivity (Wildman–Crippen MR) is 104 cm³/mol. The molecule has 3 nitrogen and oxygen atoms in total. The lowest BCUT2D eigenvalue weighted by molar-refractivity contribution is -0.121. The number of aryl methyl sites for hydroxylation is 1. The van der Waals surface area contributed by atoms with Crippen LogP contribution in [0.3, 0.4) is 0 Å². The van der Waals surface area contributed by atoms with Crippen LogP contribution in [0, 0.1) is 0 Å². The van der Waals surface area contributed by atoms with E-state index in [1.54, 1.807) is 7.11 Å². The second-order valence-corrected chi connectivity index (χ2v) is 6.13. The lowest BCUT2D eigenvalue weighted by Crippen LogP contribution is -2.29. The zero-order chi connectivity index (χ0) is 18.2. The maximum absolute atomic E-state index is 12.6. The molecule has 0 unspecified atom stereocenters. The van der Waals surface area contributed by atoms with Crippen molar-refractivity contribution in [3.63, 3.8) is 0 Å². The Morgan fingerprint density at radius 2 is 1.38 bits per heavy atom. The molecule has 0 atom stereocenters. The number of methoxy groups -OCH3 is 1. The molecule has 1 N–H and O–H groups in total. The fourth-order valence-electron chi connectivity index (χ4n) is 3.04. The van der Waals surface area contributed by atoms with Crippen molar-refractivity contribution in [3.05, 3.63) is 102 Å². The Hall–Kier alpha value is -3.07. The number of amides is 1. The second kappa shape index (κ2) is 8.86. The quantitative estimate of drug-likeness (QED) is 0.683. The minimum atomic E-state index is -0.150. The number of hydrogen-bond donors (Lipinski definition) is 1. The molecule has 0 saturated carbocycles. The van der Waals surface area contributed by atoms with Crippen LogP contribution in [0.25, 0.3) is 0 Å². The van der Waals surface area contributed by atoms with Crippen molar-refractivity contribution in [2.24, 2.45) is 0 Å². The first-order chi connectivity index (χ1) is 12.8. The van der Waals surface area contributed by atoms with Gasteiger partial charge in [0.1, 0.15) is 5.75 Å². The molecule has 0 heterocycles. The van der Waals surface area contributed by atoms with Crippen molar-refractivity contribution in [2.75, 3.05) is 7.11 Å². The molecule has 3 aromatic rings. The van der Waals surface area contributed by atoms with Gasteiger partial charge in [-0.3, -0.25) is 4.79 Å². The monoisotopic (exact) mass is 345 g/mol. The van der Waals surface area contributed by atoms with Gasteiger partial charge in [-0.25, -0.2) is 0 Å². The number of hydrogen-bond acceptors (Lipinski definition) is 2. The van der Waals surface area contributed by atoms with Gasteiger partial charge in [-0.05, 0) is 29.2 Å². The van der Waals surface area contributed by atoms with Gasteiger partial charge in [0.2, 0.25) is 5.91 Å². The maximum atomic E-state index is 12.6. The van der Waals surface area contributed by atoms with E-state index in [4.69, 9.17) is 4.74 Å². The number of carbonyl (C=O) groups excluding carboxylic acids is 1. The Morgan fingerprint density at radius 1 is 0.846 bits per heavy atom. The highest BCUT2D eigenvalue weighted by Gasteiger charge is 2.16. The number of ether oxygens (including phenoxy) is 1. The van der Waals surface area contributed by atoms with Gasteiger partial charge in [-0.2, -0.15) is 0 Å². The highest BCUT2D eigenvalue weighted by atomic mass is 16.5. The van der Waals surface area contributed by atoms with Crippen LogP contribution in [0.4, 0.5) is 0 Å². The molecule has 0 bridgehead atoms. The number of nitrogens with one attached hydrogen (secondary N) is 1. The van der Waals surface area contributed by atoms with Gasteiger partial charge in [0.15, 0.2) is 0 Å². The van der Waals surface area contributed by atoms with Gasteiger partial charge in [-0.15, -0.1) is 0 Å². The Labute approximate surface area is 154 Å². The lowest BCUT2D eigenvalue weighted by atomic mass is 9.98. The van der Waals surface area contributed by atoms with Crippen molar-refractivity contribution < 1.29 is 9.53 Å². The Morgan fingerprint density at radius 3 is 1.96 bits per heavy atom. The van der Waals surface area contributed by atoms with Crippen molar-refractivity contribution in [1.82, 2.24) is 5.32 Å². The number of para-hydroxylation sites is 1. The molecule has 0 aliphatic carbocycles. The van der Waals surface area contributed by atoms with Crippen LogP contribution in [0.15, 0.2) is 84.9 Å². The van der Waals surface area contributed by atoms with E-state index in [1.165, 1.54) is 0 Å². The van der Waals surface area contributed by atoms with Gasteiger partial charge in [0.05, 0.1) is 13.2 Å². The van der Waals surface area contributed by atoms with Crippen LogP contribution < -0.4 is 10.1 Å². The molecule has 0 spiro atoms. The third-order valence-electron chi connectivity index (χ3n) is 4.39. The second-order valence-electron chi connectivity index (χ2n) is 6.13. The van der Waals surface area contributed by atoms with Crippen LogP contribution in [-0.2, 0) is 11.2 Å². The molecule has 0 aliphatic rings. The van der Waals surface area contributed by atoms with E-state index in [-0.39, 0.29) is 11.9 Å². The summed E-state index contributed by atoms with van der Waals surface area (Å²) in [5.41, 5.74) is 3.19. The van der Waals surface area contributed by atoms with Crippen LogP contribution in [0.2, 0.25) is 0 Å². The molecule has 0 fully saturated rings. The normalized spacial score (nSPS) is 10.5. The van der Waals surface area contributed by atoms with E-state index in [9.17, 15) is 4.79 Å². The fraction of sp³-hybridized carbons (Fsp3) is 0.174. The van der Waals surface area contributed by atoms with Gasteiger partial charge < -0.3 is 10.1 Å². The number of rotatable bonds is 7. The smallest absolute Gasteiger partial charge is 0.221 e. The third-order valence-corrected chi connectivity index (χ3v) is 4.39. The van der Waals surface area contributed by atoms with E-state index in [1.807, 2.05) is 84.9 Å². The molecule has 132 valence electrons. The Bertz CT molecular complexity index is 792. The minimum absolute atomic E-state index is 0.0219. The molecule has 1 amide bonds. The topological polar surface area (TPSA) is 38.3 Å². The predicted octanol–water partition coefficient (Wildman–Crippen LogP) is 4.53. The maximum Gasteiger partial charge on any atom is 0.221 e. The Kier molecular flexibility index (Phi) is 6.05. The van der Waals surface area contributed by atoms with Gasteiger partial charge in [-0.1, -0.05) is 78.9 Å². The third kappa shape index (κ3) is 4.51. The van der Waals surface area contributed by atoms with Crippen molar-refractivity contribution >= 4 is 5.91 Å². The highest BCUT2D eigenvalue weighted by Crippen LogP contribution is 2.23. The van der Waals surface area contributed by atoms with Gasteiger partial charge >= 0.3 is 0 Å². The molecule has 3 heteroatoms. The van der Waals surface area contributed by atoms with Crippen molar-refractivity contribution in [2.45, 2.75) is 18.9 Å². The fourth-order valence-corrected chi connectivity index (χ4v) is 3.04. The van der Waals surface area contributed by atoms with Crippen LogP contribution >= 0.6 is 0 Å². The summed E-state index contributed by atoms with van der Waals surface area (Å²) in [6.07, 6.45) is 1.06. The largest absolute Gasteiger partial charge is 0.496 e. The minimum Gasteiger partial charge on any atom is -0.496 e. The summed E-state index contributed by atoms with van der Waals surface area (Å²) >= 11 is 0. The lowest BCUT2D eigenvalue weighted by Gasteiger charge is -2.20. The van der Waals surface area contributed by atoms with Gasteiger partial charge in [0, 0.05) is 6.42 Å².